The molecule has 74 valence electrons. The Morgan fingerprint density at radius 3 is 2.64 bits per heavy atom. The number of halogens is 1. The van der Waals surface area contributed by atoms with Crippen molar-refractivity contribution < 1.29 is 0 Å². The number of hydrogen-bond donors (Lipinski definition) is 1. The highest BCUT2D eigenvalue weighted by atomic mass is 79.9. The third-order valence-corrected chi connectivity index (χ3v) is 3.41. The largest absolute Gasteiger partial charge is 0.351 e. The summed E-state index contributed by atoms with van der Waals surface area (Å²) in [5.41, 5.74) is 0. The van der Waals surface area contributed by atoms with E-state index in [1.165, 1.54) is 19.3 Å². The Hall–Kier alpha value is -0.640. The molecule has 0 aromatic carbocycles. The first-order chi connectivity index (χ1) is 6.83. The highest BCUT2D eigenvalue weighted by Gasteiger charge is 2.47. The van der Waals surface area contributed by atoms with E-state index in [1.54, 1.807) is 12.4 Å². The molecular weight excluding hydrogens is 242 g/mol. The number of hydrogen-bond acceptors (Lipinski definition) is 3. The fourth-order valence-electron chi connectivity index (χ4n) is 1.98. The average Bonchev–Trinajstić information content (AvgIpc) is 2.99. The van der Waals surface area contributed by atoms with Gasteiger partial charge in [0.25, 0.3) is 0 Å². The van der Waals surface area contributed by atoms with Crippen LogP contribution >= 0.6 is 15.9 Å². The van der Waals surface area contributed by atoms with Gasteiger partial charge in [-0.15, -0.1) is 0 Å². The van der Waals surface area contributed by atoms with Crippen LogP contribution in [0.25, 0.3) is 0 Å². The molecule has 0 saturated heterocycles. The summed E-state index contributed by atoms with van der Waals surface area (Å²) in [4.78, 5) is 8.41. The molecule has 1 N–H and O–H groups in total. The highest BCUT2D eigenvalue weighted by molar-refractivity contribution is 9.10. The maximum absolute atomic E-state index is 4.20. The lowest BCUT2D eigenvalue weighted by molar-refractivity contribution is 0.695. The van der Waals surface area contributed by atoms with Crippen molar-refractivity contribution in [3.8, 4) is 0 Å². The van der Waals surface area contributed by atoms with Gasteiger partial charge in [-0.1, -0.05) is 0 Å². The first-order valence-corrected chi connectivity index (χ1v) is 5.86. The molecule has 1 heterocycles. The van der Waals surface area contributed by atoms with E-state index in [0.29, 0.717) is 6.04 Å². The molecule has 1 aromatic heterocycles. The molecule has 2 saturated carbocycles. The summed E-state index contributed by atoms with van der Waals surface area (Å²) in [7, 11) is 0. The second-order valence-corrected chi connectivity index (χ2v) is 5.13. The molecule has 0 radical (unpaired) electrons. The summed E-state index contributed by atoms with van der Waals surface area (Å²) in [6, 6.07) is 0.642. The number of nitrogens with zero attached hydrogens (tertiary/aromatic N) is 2. The monoisotopic (exact) mass is 253 g/mol. The predicted octanol–water partition coefficient (Wildman–Crippen LogP) is 2.45. The van der Waals surface area contributed by atoms with Gasteiger partial charge < -0.3 is 5.32 Å². The topological polar surface area (TPSA) is 37.8 Å². The van der Waals surface area contributed by atoms with Crippen molar-refractivity contribution in [2.24, 2.45) is 11.8 Å². The van der Waals surface area contributed by atoms with Crippen molar-refractivity contribution >= 4 is 21.9 Å². The van der Waals surface area contributed by atoms with Crippen LogP contribution in [-0.4, -0.2) is 16.0 Å². The van der Waals surface area contributed by atoms with Gasteiger partial charge in [0.15, 0.2) is 0 Å². The van der Waals surface area contributed by atoms with Crippen molar-refractivity contribution in [3.05, 3.63) is 16.9 Å². The normalized spacial score (nSPS) is 30.1. The molecule has 2 aliphatic rings. The van der Waals surface area contributed by atoms with Crippen LogP contribution in [0, 0.1) is 11.8 Å². The maximum atomic E-state index is 4.20. The number of rotatable bonds is 3. The lowest BCUT2D eigenvalue weighted by atomic mass is 10.3. The van der Waals surface area contributed by atoms with Crippen molar-refractivity contribution in [2.75, 3.05) is 5.32 Å². The van der Waals surface area contributed by atoms with Crippen LogP contribution in [0.15, 0.2) is 16.9 Å². The van der Waals surface area contributed by atoms with Gasteiger partial charge in [-0.2, -0.15) is 0 Å². The van der Waals surface area contributed by atoms with Crippen LogP contribution in [0.5, 0.6) is 0 Å². The molecule has 2 unspecified atom stereocenters. The number of aromatic nitrogens is 2. The molecule has 0 aliphatic heterocycles. The Labute approximate surface area is 91.5 Å². The maximum Gasteiger partial charge on any atom is 0.222 e. The van der Waals surface area contributed by atoms with Crippen LogP contribution in [0.2, 0.25) is 0 Å². The van der Waals surface area contributed by atoms with Gasteiger partial charge in [0.2, 0.25) is 5.95 Å². The zero-order valence-corrected chi connectivity index (χ0v) is 9.37. The first-order valence-electron chi connectivity index (χ1n) is 5.07. The summed E-state index contributed by atoms with van der Waals surface area (Å²) in [5, 5.41) is 3.37. The Morgan fingerprint density at radius 1 is 1.29 bits per heavy atom. The predicted molar refractivity (Wildman–Crippen MR) is 58.0 cm³/mol. The molecule has 2 atom stereocenters. The molecular formula is C10H12BrN3. The van der Waals surface area contributed by atoms with Crippen molar-refractivity contribution in [2.45, 2.75) is 25.3 Å². The SMILES string of the molecule is Brc1cnc(NC2CC2C2CC2)nc1. The Bertz CT molecular complexity index is 334. The Kier molecular flexibility index (Phi) is 1.97. The van der Waals surface area contributed by atoms with Crippen LogP contribution in [0.4, 0.5) is 5.95 Å². The van der Waals surface area contributed by atoms with E-state index in [-0.39, 0.29) is 0 Å². The van der Waals surface area contributed by atoms with Crippen molar-refractivity contribution in [1.82, 2.24) is 9.97 Å². The van der Waals surface area contributed by atoms with Gasteiger partial charge in [0.05, 0.1) is 4.47 Å². The van der Waals surface area contributed by atoms with E-state index in [9.17, 15) is 0 Å². The van der Waals surface area contributed by atoms with E-state index in [0.717, 1.165) is 22.3 Å². The summed E-state index contributed by atoms with van der Waals surface area (Å²) in [6.45, 7) is 0. The second kappa shape index (κ2) is 3.19. The minimum atomic E-state index is 0.642. The molecule has 0 spiro atoms. The minimum Gasteiger partial charge on any atom is -0.351 e. The highest BCUT2D eigenvalue weighted by Crippen LogP contribution is 2.50. The lowest BCUT2D eigenvalue weighted by Crippen LogP contribution is -2.08. The third kappa shape index (κ3) is 1.75. The average molecular weight is 254 g/mol. The summed E-state index contributed by atoms with van der Waals surface area (Å²) in [6.07, 6.45) is 7.74. The van der Waals surface area contributed by atoms with E-state index < -0.39 is 0 Å². The van der Waals surface area contributed by atoms with Gasteiger partial charge in [-0.3, -0.25) is 0 Å². The Morgan fingerprint density at radius 2 is 2.00 bits per heavy atom. The Balaban J connectivity index is 1.59. The van der Waals surface area contributed by atoms with E-state index in [1.807, 2.05) is 0 Å². The molecule has 0 bridgehead atoms. The molecule has 14 heavy (non-hydrogen) atoms. The van der Waals surface area contributed by atoms with Crippen LogP contribution < -0.4 is 5.32 Å². The zero-order chi connectivity index (χ0) is 9.54. The van der Waals surface area contributed by atoms with Crippen LogP contribution in [0.1, 0.15) is 19.3 Å². The second-order valence-electron chi connectivity index (χ2n) is 4.21. The van der Waals surface area contributed by atoms with Gasteiger partial charge in [0, 0.05) is 18.4 Å². The van der Waals surface area contributed by atoms with Gasteiger partial charge in [-0.25, -0.2) is 9.97 Å². The molecule has 3 rings (SSSR count). The summed E-state index contributed by atoms with van der Waals surface area (Å²) in [5.74, 6) is 2.67. The standard InChI is InChI=1S/C10H12BrN3/c11-7-4-12-10(13-5-7)14-9-3-8(9)6-1-2-6/h4-6,8-9H,1-3H2,(H,12,13,14). The molecule has 1 aromatic rings. The van der Waals surface area contributed by atoms with Crippen molar-refractivity contribution in [3.63, 3.8) is 0 Å². The van der Waals surface area contributed by atoms with Gasteiger partial charge in [-0.05, 0) is 47.0 Å². The van der Waals surface area contributed by atoms with Gasteiger partial charge >= 0.3 is 0 Å². The zero-order valence-electron chi connectivity index (χ0n) is 7.78. The molecule has 0 amide bonds. The summed E-state index contributed by atoms with van der Waals surface area (Å²) < 4.78 is 0.928. The fourth-order valence-corrected chi connectivity index (χ4v) is 2.18. The number of anilines is 1. The van der Waals surface area contributed by atoms with E-state index in [4.69, 9.17) is 0 Å². The van der Waals surface area contributed by atoms with Crippen LogP contribution in [-0.2, 0) is 0 Å². The first kappa shape index (κ1) is 8.65. The van der Waals surface area contributed by atoms with E-state index >= 15 is 0 Å². The van der Waals surface area contributed by atoms with Gasteiger partial charge in [0.1, 0.15) is 0 Å². The smallest absolute Gasteiger partial charge is 0.222 e. The molecule has 2 aliphatic carbocycles. The third-order valence-electron chi connectivity index (χ3n) is 3.00. The quantitative estimate of drug-likeness (QED) is 0.900. The number of nitrogens with one attached hydrogen (secondary N) is 1. The van der Waals surface area contributed by atoms with E-state index in [2.05, 4.69) is 31.2 Å². The fraction of sp³-hybridized carbons (Fsp3) is 0.600. The minimum absolute atomic E-state index is 0.642. The lowest BCUT2D eigenvalue weighted by Gasteiger charge is -2.02. The summed E-state index contributed by atoms with van der Waals surface area (Å²) >= 11 is 3.32. The molecule has 2 fully saturated rings. The molecule has 3 nitrogen and oxygen atoms in total. The van der Waals surface area contributed by atoms with Crippen molar-refractivity contribution in [1.29, 1.82) is 0 Å². The molecule has 4 heteroatoms. The van der Waals surface area contributed by atoms with Crippen LogP contribution in [0.3, 0.4) is 0 Å².